The van der Waals surface area contributed by atoms with E-state index in [0.717, 1.165) is 12.8 Å². The highest BCUT2D eigenvalue weighted by Crippen LogP contribution is 2.63. The monoisotopic (exact) mass is 236 g/mol. The zero-order valence-electron chi connectivity index (χ0n) is 11.2. The third-order valence-electron chi connectivity index (χ3n) is 5.44. The Morgan fingerprint density at radius 2 is 1.88 bits per heavy atom. The van der Waals surface area contributed by atoms with Gasteiger partial charge in [-0.05, 0) is 48.0 Å². The van der Waals surface area contributed by atoms with Crippen LogP contribution in [-0.2, 0) is 0 Å². The van der Waals surface area contributed by atoms with E-state index in [-0.39, 0.29) is 24.0 Å². The van der Waals surface area contributed by atoms with Crippen LogP contribution in [0.5, 0.6) is 0 Å². The van der Waals surface area contributed by atoms with Gasteiger partial charge >= 0.3 is 0 Å². The fraction of sp³-hybridized carbons (Fsp3) is 0.867. The van der Waals surface area contributed by atoms with Crippen LogP contribution < -0.4 is 0 Å². The van der Waals surface area contributed by atoms with E-state index in [1.165, 1.54) is 24.0 Å². The second-order valence-electron chi connectivity index (χ2n) is 7.56. The highest BCUT2D eigenvalue weighted by Gasteiger charge is 2.57. The van der Waals surface area contributed by atoms with Crippen LogP contribution in [0.2, 0.25) is 0 Å². The van der Waals surface area contributed by atoms with Gasteiger partial charge in [0.15, 0.2) is 0 Å². The van der Waals surface area contributed by atoms with Crippen LogP contribution in [0.15, 0.2) is 11.1 Å². The van der Waals surface area contributed by atoms with Crippen LogP contribution in [0.3, 0.4) is 0 Å². The molecule has 96 valence electrons. The molecule has 17 heavy (non-hydrogen) atoms. The molecule has 0 aromatic rings. The van der Waals surface area contributed by atoms with Gasteiger partial charge in [-0.2, -0.15) is 0 Å². The second kappa shape index (κ2) is 3.36. The van der Waals surface area contributed by atoms with Crippen molar-refractivity contribution in [2.75, 3.05) is 6.61 Å². The summed E-state index contributed by atoms with van der Waals surface area (Å²) in [5, 5.41) is 19.7. The first-order chi connectivity index (χ1) is 7.86. The van der Waals surface area contributed by atoms with Crippen molar-refractivity contribution in [3.05, 3.63) is 11.1 Å². The maximum Gasteiger partial charge on any atom is 0.0648 e. The van der Waals surface area contributed by atoms with Crippen molar-refractivity contribution >= 4 is 0 Å². The Bertz CT molecular complexity index is 382. The third kappa shape index (κ3) is 1.53. The van der Waals surface area contributed by atoms with Gasteiger partial charge in [0, 0.05) is 5.92 Å². The van der Waals surface area contributed by atoms with Crippen molar-refractivity contribution in [1.82, 2.24) is 0 Å². The topological polar surface area (TPSA) is 40.5 Å². The van der Waals surface area contributed by atoms with Gasteiger partial charge in [0.1, 0.15) is 0 Å². The molecule has 2 N–H and O–H groups in total. The van der Waals surface area contributed by atoms with Gasteiger partial charge in [-0.3, -0.25) is 0 Å². The molecular weight excluding hydrogens is 212 g/mol. The molecule has 0 saturated heterocycles. The average Bonchev–Trinajstić information content (AvgIpc) is 2.48. The number of aliphatic hydroxyl groups is 2. The molecule has 2 nitrogen and oxygen atoms in total. The quantitative estimate of drug-likeness (QED) is 0.687. The molecule has 0 heterocycles. The van der Waals surface area contributed by atoms with E-state index in [2.05, 4.69) is 20.8 Å². The van der Waals surface area contributed by atoms with Gasteiger partial charge in [0.25, 0.3) is 0 Å². The summed E-state index contributed by atoms with van der Waals surface area (Å²) in [5.41, 5.74) is 3.31. The molecule has 4 atom stereocenters. The van der Waals surface area contributed by atoms with Gasteiger partial charge in [-0.1, -0.05) is 26.3 Å². The smallest absolute Gasteiger partial charge is 0.0648 e. The van der Waals surface area contributed by atoms with E-state index in [1.807, 2.05) is 0 Å². The fourth-order valence-electron chi connectivity index (χ4n) is 4.95. The predicted octanol–water partition coefficient (Wildman–Crippen LogP) is 2.50. The van der Waals surface area contributed by atoms with Crippen molar-refractivity contribution in [3.8, 4) is 0 Å². The molecule has 2 heteroatoms. The number of fused-ring (bicyclic) bond motifs is 2. The van der Waals surface area contributed by atoms with Crippen LogP contribution >= 0.6 is 0 Å². The standard InChI is InChI=1S/C15H24O2/c1-14(2)4-9-5-15(3)7-12(17)13(15)11(8-16)10(9)6-14/h9,12-13,16-17H,4-8H2,1-3H3. The van der Waals surface area contributed by atoms with Crippen molar-refractivity contribution < 1.29 is 10.2 Å². The van der Waals surface area contributed by atoms with Gasteiger partial charge in [-0.25, -0.2) is 0 Å². The number of hydrogen-bond acceptors (Lipinski definition) is 2. The summed E-state index contributed by atoms with van der Waals surface area (Å²) < 4.78 is 0. The molecule has 0 bridgehead atoms. The maximum atomic E-state index is 10.0. The number of allylic oxidation sites excluding steroid dienone is 1. The molecule has 3 rings (SSSR count). The summed E-state index contributed by atoms with van der Waals surface area (Å²) in [5.74, 6) is 0.911. The molecule has 0 amide bonds. The summed E-state index contributed by atoms with van der Waals surface area (Å²) in [6.45, 7) is 7.10. The SMILES string of the molecule is CC1(C)CC2=C(CO)C3C(O)CC3(C)CC2C1. The molecule has 2 fully saturated rings. The van der Waals surface area contributed by atoms with Crippen molar-refractivity contribution in [2.45, 2.75) is 52.6 Å². The molecule has 2 saturated carbocycles. The minimum Gasteiger partial charge on any atom is -0.392 e. The Morgan fingerprint density at radius 1 is 1.18 bits per heavy atom. The molecule has 3 aliphatic carbocycles. The Labute approximate surface area is 104 Å². The predicted molar refractivity (Wildman–Crippen MR) is 67.5 cm³/mol. The van der Waals surface area contributed by atoms with Crippen LogP contribution in [0.1, 0.15) is 46.5 Å². The second-order valence-corrected chi connectivity index (χ2v) is 7.56. The molecule has 0 aromatic heterocycles. The third-order valence-corrected chi connectivity index (χ3v) is 5.44. The maximum absolute atomic E-state index is 10.0. The first kappa shape index (κ1) is 11.7. The zero-order valence-corrected chi connectivity index (χ0v) is 11.2. The normalized spacial score (nSPS) is 47.5. The summed E-state index contributed by atoms with van der Waals surface area (Å²) in [6.07, 6.45) is 4.30. The molecule has 3 aliphatic rings. The van der Waals surface area contributed by atoms with Gasteiger partial charge in [0.2, 0.25) is 0 Å². The fourth-order valence-corrected chi connectivity index (χ4v) is 4.95. The van der Waals surface area contributed by atoms with Crippen molar-refractivity contribution in [3.63, 3.8) is 0 Å². The average molecular weight is 236 g/mol. The Balaban J connectivity index is 2.02. The Morgan fingerprint density at radius 3 is 2.47 bits per heavy atom. The molecule has 0 aliphatic heterocycles. The molecule has 4 unspecified atom stereocenters. The molecule has 0 aromatic carbocycles. The first-order valence-electron chi connectivity index (χ1n) is 6.87. The lowest BCUT2D eigenvalue weighted by Gasteiger charge is -2.56. The Kier molecular flexibility index (Phi) is 2.32. The number of hydrogen-bond donors (Lipinski definition) is 2. The minimum atomic E-state index is -0.209. The highest BCUT2D eigenvalue weighted by atomic mass is 16.3. The van der Waals surface area contributed by atoms with Crippen LogP contribution in [0.25, 0.3) is 0 Å². The molecule has 0 spiro atoms. The summed E-state index contributed by atoms with van der Waals surface area (Å²) in [4.78, 5) is 0. The van der Waals surface area contributed by atoms with E-state index in [4.69, 9.17) is 0 Å². The van der Waals surface area contributed by atoms with Crippen molar-refractivity contribution in [1.29, 1.82) is 0 Å². The van der Waals surface area contributed by atoms with Gasteiger partial charge in [0.05, 0.1) is 12.7 Å². The van der Waals surface area contributed by atoms with Crippen LogP contribution in [0.4, 0.5) is 0 Å². The van der Waals surface area contributed by atoms with Gasteiger partial charge < -0.3 is 10.2 Å². The number of rotatable bonds is 1. The molecule has 0 radical (unpaired) electrons. The lowest BCUT2D eigenvalue weighted by Crippen LogP contribution is -2.54. The van der Waals surface area contributed by atoms with E-state index in [9.17, 15) is 10.2 Å². The number of aliphatic hydroxyl groups excluding tert-OH is 2. The Hall–Kier alpha value is -0.340. The summed E-state index contributed by atoms with van der Waals surface area (Å²) in [7, 11) is 0. The highest BCUT2D eigenvalue weighted by molar-refractivity contribution is 5.34. The van der Waals surface area contributed by atoms with Crippen molar-refractivity contribution in [2.24, 2.45) is 22.7 Å². The van der Waals surface area contributed by atoms with Gasteiger partial charge in [-0.15, -0.1) is 0 Å². The zero-order chi connectivity index (χ0) is 12.4. The van der Waals surface area contributed by atoms with Crippen LogP contribution in [-0.4, -0.2) is 22.9 Å². The summed E-state index contributed by atoms with van der Waals surface area (Å²) in [6, 6.07) is 0. The van der Waals surface area contributed by atoms with E-state index in [1.54, 1.807) is 0 Å². The largest absolute Gasteiger partial charge is 0.392 e. The summed E-state index contributed by atoms with van der Waals surface area (Å²) >= 11 is 0. The minimum absolute atomic E-state index is 0.152. The first-order valence-corrected chi connectivity index (χ1v) is 6.87. The lowest BCUT2D eigenvalue weighted by molar-refractivity contribution is -0.0988. The van der Waals surface area contributed by atoms with Crippen LogP contribution in [0, 0.1) is 22.7 Å². The molecular formula is C15H24O2. The van der Waals surface area contributed by atoms with E-state index >= 15 is 0 Å². The lowest BCUT2D eigenvalue weighted by atomic mass is 9.50. The van der Waals surface area contributed by atoms with E-state index in [0.29, 0.717) is 11.3 Å². The van der Waals surface area contributed by atoms with E-state index < -0.39 is 0 Å².